The van der Waals surface area contributed by atoms with Crippen LogP contribution in [-0.4, -0.2) is 18.4 Å². The summed E-state index contributed by atoms with van der Waals surface area (Å²) in [6, 6.07) is 81.7. The van der Waals surface area contributed by atoms with Gasteiger partial charge in [-0.1, -0.05) is 176 Å². The number of anilines is 4. The van der Waals surface area contributed by atoms with E-state index in [0.717, 1.165) is 45.3 Å². The van der Waals surface area contributed by atoms with Gasteiger partial charge in [-0.3, -0.25) is 9.98 Å². The van der Waals surface area contributed by atoms with E-state index in [1.165, 1.54) is 61.3 Å². The molecule has 0 saturated carbocycles. The number of hydrogen-bond donors (Lipinski definition) is 0. The first-order chi connectivity index (χ1) is 31.3. The minimum Gasteiger partial charge on any atom is -0.361 e. The molecule has 2 atom stereocenters. The van der Waals surface area contributed by atoms with Crippen LogP contribution in [0.1, 0.15) is 45.2 Å². The van der Waals surface area contributed by atoms with Crippen molar-refractivity contribution in [2.75, 3.05) is 9.62 Å². The Balaban J connectivity index is 1.01. The van der Waals surface area contributed by atoms with Crippen LogP contribution in [0.25, 0.3) is 22.3 Å². The van der Waals surface area contributed by atoms with Crippen molar-refractivity contribution in [1.29, 1.82) is 0 Å². The van der Waals surface area contributed by atoms with Crippen LogP contribution in [-0.2, 0) is 0 Å². The smallest absolute Gasteiger partial charge is 0.361 e. The van der Waals surface area contributed by atoms with Crippen LogP contribution in [0.5, 0.6) is 0 Å². The molecule has 4 aliphatic heterocycles. The molecule has 294 valence electrons. The SMILES string of the molecule is c1ccc(C2C(c3cccc(N4B5c6c(cccc6-c6ccccc6N5c5cccc(C6=Nc7ccccc7C6c6ccccc6)c5)-c5ccccc54)c3)=Nc3ccccc32)cc1. The number of hydrogen-bond acceptors (Lipinski definition) is 4. The molecule has 0 bridgehead atoms. The van der Waals surface area contributed by atoms with Gasteiger partial charge in [0.15, 0.2) is 0 Å². The first-order valence-electron chi connectivity index (χ1n) is 21.8. The van der Waals surface area contributed by atoms with Gasteiger partial charge >= 0.3 is 6.98 Å². The van der Waals surface area contributed by atoms with Crippen LogP contribution < -0.4 is 15.1 Å². The van der Waals surface area contributed by atoms with Gasteiger partial charge in [0.25, 0.3) is 0 Å². The quantitative estimate of drug-likeness (QED) is 0.157. The average molecular weight is 803 g/mol. The van der Waals surface area contributed by atoms with Gasteiger partial charge in [-0.15, -0.1) is 0 Å². The van der Waals surface area contributed by atoms with Crippen LogP contribution >= 0.6 is 0 Å². The minimum atomic E-state index is -0.216. The second-order valence-corrected chi connectivity index (χ2v) is 16.8. The first kappa shape index (κ1) is 35.7. The Morgan fingerprint density at radius 1 is 0.349 bits per heavy atom. The minimum absolute atomic E-state index is 0.0313. The molecule has 0 aliphatic carbocycles. The molecule has 9 aromatic rings. The maximum absolute atomic E-state index is 5.37. The fourth-order valence-electron chi connectivity index (χ4n) is 10.7. The third kappa shape index (κ3) is 5.56. The number of fused-ring (bicyclic) bond motifs is 6. The molecule has 0 amide bonds. The highest BCUT2D eigenvalue weighted by Crippen LogP contribution is 2.50. The molecule has 2 unspecified atom stereocenters. The Morgan fingerprint density at radius 3 is 1.24 bits per heavy atom. The lowest BCUT2D eigenvalue weighted by Gasteiger charge is -2.47. The predicted molar refractivity (Wildman–Crippen MR) is 262 cm³/mol. The topological polar surface area (TPSA) is 31.2 Å². The fourth-order valence-corrected chi connectivity index (χ4v) is 10.7. The molecule has 0 spiro atoms. The van der Waals surface area contributed by atoms with E-state index in [1.807, 2.05) is 0 Å². The van der Waals surface area contributed by atoms with E-state index in [-0.39, 0.29) is 18.8 Å². The lowest BCUT2D eigenvalue weighted by Crippen LogP contribution is -2.61. The van der Waals surface area contributed by atoms with Gasteiger partial charge in [-0.05, 0) is 98.5 Å². The molecule has 63 heavy (non-hydrogen) atoms. The van der Waals surface area contributed by atoms with E-state index in [2.05, 4.69) is 234 Å². The summed E-state index contributed by atoms with van der Waals surface area (Å²) in [6.45, 7) is -0.216. The highest BCUT2D eigenvalue weighted by Gasteiger charge is 2.47. The maximum atomic E-state index is 5.37. The number of aliphatic imine (C=N–C) groups is 2. The zero-order chi connectivity index (χ0) is 41.4. The Hall–Kier alpha value is -8.02. The lowest BCUT2D eigenvalue weighted by atomic mass is 9.53. The summed E-state index contributed by atoms with van der Waals surface area (Å²) in [4.78, 5) is 15.9. The first-order valence-corrected chi connectivity index (χ1v) is 21.8. The molecule has 13 rings (SSSR count). The van der Waals surface area contributed by atoms with Crippen LogP contribution in [0, 0.1) is 0 Å². The van der Waals surface area contributed by atoms with Crippen LogP contribution in [0.3, 0.4) is 0 Å². The van der Waals surface area contributed by atoms with Gasteiger partial charge in [0.05, 0.1) is 34.6 Å². The Labute approximate surface area is 368 Å². The Kier molecular flexibility index (Phi) is 8.10. The lowest BCUT2D eigenvalue weighted by molar-refractivity contribution is 1.11. The second-order valence-electron chi connectivity index (χ2n) is 16.8. The molecule has 0 radical (unpaired) electrons. The molecular weight excluding hydrogens is 763 g/mol. The average Bonchev–Trinajstić information content (AvgIpc) is 3.95. The maximum Gasteiger partial charge on any atom is 0.421 e. The molecule has 9 aromatic carbocycles. The number of benzene rings is 9. The molecule has 0 aromatic heterocycles. The number of para-hydroxylation sites is 4. The molecule has 4 heterocycles. The van der Waals surface area contributed by atoms with Gasteiger partial charge in [0.1, 0.15) is 0 Å². The van der Waals surface area contributed by atoms with Gasteiger partial charge in [-0.2, -0.15) is 0 Å². The zero-order valence-electron chi connectivity index (χ0n) is 34.4. The zero-order valence-corrected chi connectivity index (χ0v) is 34.4. The van der Waals surface area contributed by atoms with E-state index in [4.69, 9.17) is 9.98 Å². The van der Waals surface area contributed by atoms with Crippen molar-refractivity contribution in [3.63, 3.8) is 0 Å². The summed E-state index contributed by atoms with van der Waals surface area (Å²) >= 11 is 0. The number of rotatable bonds is 6. The van der Waals surface area contributed by atoms with Crippen molar-refractivity contribution in [3.05, 3.63) is 258 Å². The highest BCUT2D eigenvalue weighted by atomic mass is 15.2. The molecule has 4 nitrogen and oxygen atoms in total. The monoisotopic (exact) mass is 802 g/mol. The van der Waals surface area contributed by atoms with Crippen LogP contribution in [0.4, 0.5) is 34.1 Å². The van der Waals surface area contributed by atoms with E-state index in [9.17, 15) is 0 Å². The van der Waals surface area contributed by atoms with Crippen molar-refractivity contribution in [2.24, 2.45) is 9.98 Å². The Bertz CT molecular complexity index is 3120. The molecule has 4 aliphatic rings. The molecule has 5 heteroatoms. The van der Waals surface area contributed by atoms with E-state index in [1.54, 1.807) is 0 Å². The molecular formula is C58H39BN4. The fraction of sp³-hybridized carbons (Fsp3) is 0.0345. The van der Waals surface area contributed by atoms with Crippen LogP contribution in [0.2, 0.25) is 0 Å². The Morgan fingerprint density at radius 2 is 0.746 bits per heavy atom. The van der Waals surface area contributed by atoms with Crippen molar-refractivity contribution in [3.8, 4) is 22.3 Å². The van der Waals surface area contributed by atoms with Gasteiger partial charge in [0.2, 0.25) is 0 Å². The summed E-state index contributed by atoms with van der Waals surface area (Å²) in [5.74, 6) is 0.0625. The van der Waals surface area contributed by atoms with Gasteiger partial charge in [0, 0.05) is 33.9 Å². The van der Waals surface area contributed by atoms with E-state index < -0.39 is 0 Å². The van der Waals surface area contributed by atoms with E-state index in [0.29, 0.717) is 0 Å². The van der Waals surface area contributed by atoms with Crippen molar-refractivity contribution < 1.29 is 0 Å². The summed E-state index contributed by atoms with van der Waals surface area (Å²) in [5.41, 5.74) is 22.2. The molecule has 0 N–H and O–H groups in total. The molecule has 0 fully saturated rings. The summed E-state index contributed by atoms with van der Waals surface area (Å²) in [7, 11) is 0. The van der Waals surface area contributed by atoms with Crippen molar-refractivity contribution in [1.82, 2.24) is 0 Å². The van der Waals surface area contributed by atoms with Gasteiger partial charge in [-0.25, -0.2) is 0 Å². The second kappa shape index (κ2) is 14.3. The third-order valence-corrected chi connectivity index (χ3v) is 13.4. The normalized spacial score (nSPS) is 16.3. The summed E-state index contributed by atoms with van der Waals surface area (Å²) in [5, 5.41) is 0. The van der Waals surface area contributed by atoms with Crippen molar-refractivity contribution >= 4 is 58.0 Å². The number of nitrogens with zero attached hydrogens (tertiary/aromatic N) is 4. The van der Waals surface area contributed by atoms with E-state index >= 15 is 0 Å². The predicted octanol–water partition coefficient (Wildman–Crippen LogP) is 13.6. The summed E-state index contributed by atoms with van der Waals surface area (Å²) in [6.07, 6.45) is 0. The molecule has 0 saturated heterocycles. The standard InChI is InChI=1S/C58H39BN4/c1-3-18-38(19-4-1)54-48-28-7-11-32-50(48)60-57(54)40-22-15-24-42(36-40)62-52-34-13-9-26-44(52)46-30-17-31-47-45-27-10-14-35-53(45)63(59(62)56(46)47)43-25-16-23-41(37-43)58-55(39-20-5-2-6-21-39)49-29-8-12-33-51(49)61-58/h1-37,54-55H. The van der Waals surface area contributed by atoms with Crippen LogP contribution in [0.15, 0.2) is 234 Å². The third-order valence-electron chi connectivity index (χ3n) is 13.4. The van der Waals surface area contributed by atoms with Crippen molar-refractivity contribution in [2.45, 2.75) is 11.8 Å². The highest BCUT2D eigenvalue weighted by molar-refractivity contribution is 6.86. The largest absolute Gasteiger partial charge is 0.421 e. The summed E-state index contributed by atoms with van der Waals surface area (Å²) < 4.78 is 0. The van der Waals surface area contributed by atoms with Gasteiger partial charge < -0.3 is 9.62 Å².